The number of nitrogens with two attached hydrogens (primary N) is 1. The Morgan fingerprint density at radius 3 is 2.57 bits per heavy atom. The average Bonchev–Trinajstić information content (AvgIpc) is 2.44. The van der Waals surface area contributed by atoms with Gasteiger partial charge in [-0.05, 0) is 42.5 Å². The number of thiocarbonyl (C=S) groups is 1. The molecule has 0 bridgehead atoms. The maximum Gasteiger partial charge on any atom is 0.107 e. The van der Waals surface area contributed by atoms with Crippen LogP contribution in [0.1, 0.15) is 18.1 Å². The summed E-state index contributed by atoms with van der Waals surface area (Å²) in [6.07, 6.45) is 0. The van der Waals surface area contributed by atoms with E-state index in [9.17, 15) is 0 Å². The van der Waals surface area contributed by atoms with Crippen molar-refractivity contribution in [2.45, 2.75) is 18.7 Å². The normalized spacial score (nSPS) is 10.4. The van der Waals surface area contributed by atoms with Crippen molar-refractivity contribution < 1.29 is 0 Å². The van der Waals surface area contributed by atoms with Crippen LogP contribution in [0.15, 0.2) is 41.3 Å². The van der Waals surface area contributed by atoms with Gasteiger partial charge in [0.2, 0.25) is 0 Å². The summed E-state index contributed by atoms with van der Waals surface area (Å²) in [6, 6.07) is 11.8. The highest BCUT2D eigenvalue weighted by molar-refractivity contribution is 7.99. The first-order chi connectivity index (χ1) is 10.0. The molecule has 2 rings (SSSR count). The zero-order chi connectivity index (χ0) is 15.4. The van der Waals surface area contributed by atoms with Gasteiger partial charge in [-0.3, -0.25) is 0 Å². The van der Waals surface area contributed by atoms with Crippen LogP contribution in [0.3, 0.4) is 0 Å². The highest BCUT2D eigenvalue weighted by Gasteiger charge is 2.12. The second-order valence-electron chi connectivity index (χ2n) is 4.51. The van der Waals surface area contributed by atoms with Gasteiger partial charge in [0.25, 0.3) is 0 Å². The minimum Gasteiger partial charge on any atom is -0.389 e. The van der Waals surface area contributed by atoms with Gasteiger partial charge in [-0.1, -0.05) is 42.9 Å². The van der Waals surface area contributed by atoms with Gasteiger partial charge >= 0.3 is 0 Å². The zero-order valence-corrected chi connectivity index (χ0v) is 14.3. The highest BCUT2D eigenvalue weighted by atomic mass is 35.5. The third kappa shape index (κ3) is 3.70. The molecule has 2 nitrogen and oxygen atoms in total. The first-order valence-corrected chi connectivity index (χ1v) is 8.39. The van der Waals surface area contributed by atoms with Crippen molar-refractivity contribution in [3.63, 3.8) is 0 Å². The molecule has 0 aliphatic heterocycles. The van der Waals surface area contributed by atoms with Crippen molar-refractivity contribution in [3.05, 3.63) is 52.5 Å². The third-order valence-electron chi connectivity index (χ3n) is 3.11. The van der Waals surface area contributed by atoms with E-state index in [0.29, 0.717) is 4.99 Å². The molecule has 2 aromatic carbocycles. The van der Waals surface area contributed by atoms with Crippen LogP contribution in [-0.4, -0.2) is 10.7 Å². The van der Waals surface area contributed by atoms with Gasteiger partial charge in [0.1, 0.15) is 4.99 Å². The van der Waals surface area contributed by atoms with Crippen molar-refractivity contribution in [3.8, 4) is 0 Å². The fraction of sp³-hybridized carbons (Fsp3) is 0.188. The van der Waals surface area contributed by atoms with Gasteiger partial charge in [0, 0.05) is 26.9 Å². The number of rotatable bonds is 5. The Labute approximate surface area is 140 Å². The average molecular weight is 337 g/mol. The van der Waals surface area contributed by atoms with Gasteiger partial charge in [-0.15, -0.1) is 11.8 Å². The Hall–Kier alpha value is -1.23. The smallest absolute Gasteiger partial charge is 0.107 e. The lowest BCUT2D eigenvalue weighted by Crippen LogP contribution is -2.13. The van der Waals surface area contributed by atoms with E-state index in [2.05, 4.69) is 12.2 Å². The molecule has 0 aromatic heterocycles. The van der Waals surface area contributed by atoms with Crippen LogP contribution < -0.4 is 11.1 Å². The van der Waals surface area contributed by atoms with E-state index in [1.165, 1.54) is 0 Å². The molecule has 5 heteroatoms. The Bertz CT molecular complexity index is 671. The number of halogens is 1. The van der Waals surface area contributed by atoms with E-state index in [1.54, 1.807) is 11.8 Å². The van der Waals surface area contributed by atoms with E-state index in [1.807, 2.05) is 43.3 Å². The maximum absolute atomic E-state index is 6.17. The first-order valence-electron chi connectivity index (χ1n) is 6.62. The number of nitrogens with one attached hydrogen (secondary N) is 1. The summed E-state index contributed by atoms with van der Waals surface area (Å²) >= 11 is 13.1. The fourth-order valence-corrected chi connectivity index (χ4v) is 3.36. The molecule has 21 heavy (non-hydrogen) atoms. The van der Waals surface area contributed by atoms with Crippen LogP contribution in [0, 0.1) is 6.92 Å². The monoisotopic (exact) mass is 336 g/mol. The molecule has 0 amide bonds. The lowest BCUT2D eigenvalue weighted by molar-refractivity contribution is 1.36. The SMILES string of the molecule is CCSc1cccc(Nc2cccc(Cl)c2C)c1C(N)=S. The standard InChI is InChI=1S/C16H17ClN2S2/c1-3-21-14-9-5-8-13(15(14)16(18)20)19-12-7-4-6-11(17)10(12)2/h4-9,19H,3H2,1-2H3,(H2,18,20). The number of hydrogen-bond acceptors (Lipinski definition) is 3. The molecule has 2 aromatic rings. The molecule has 0 heterocycles. The van der Waals surface area contributed by atoms with Crippen LogP contribution in [0.5, 0.6) is 0 Å². The number of benzene rings is 2. The van der Waals surface area contributed by atoms with Crippen molar-refractivity contribution in [2.24, 2.45) is 5.73 Å². The molecule has 0 saturated carbocycles. The molecule has 0 aliphatic rings. The Balaban J connectivity index is 2.46. The van der Waals surface area contributed by atoms with E-state index >= 15 is 0 Å². The van der Waals surface area contributed by atoms with Crippen molar-refractivity contribution in [1.82, 2.24) is 0 Å². The largest absolute Gasteiger partial charge is 0.389 e. The van der Waals surface area contributed by atoms with E-state index in [-0.39, 0.29) is 0 Å². The summed E-state index contributed by atoms with van der Waals surface area (Å²) in [6.45, 7) is 4.09. The maximum atomic E-state index is 6.17. The lowest BCUT2D eigenvalue weighted by Gasteiger charge is -2.16. The molecular weight excluding hydrogens is 320 g/mol. The molecule has 3 N–H and O–H groups in total. The predicted molar refractivity (Wildman–Crippen MR) is 98.2 cm³/mol. The summed E-state index contributed by atoms with van der Waals surface area (Å²) in [5, 5.41) is 4.13. The molecule has 0 aliphatic carbocycles. The van der Waals surface area contributed by atoms with Crippen LogP contribution in [-0.2, 0) is 0 Å². The highest BCUT2D eigenvalue weighted by Crippen LogP contribution is 2.32. The molecule has 0 spiro atoms. The zero-order valence-electron chi connectivity index (χ0n) is 11.9. The second-order valence-corrected chi connectivity index (χ2v) is 6.67. The lowest BCUT2D eigenvalue weighted by atomic mass is 10.1. The summed E-state index contributed by atoms with van der Waals surface area (Å²) in [5.74, 6) is 0.968. The van der Waals surface area contributed by atoms with Crippen molar-refractivity contribution >= 4 is 51.9 Å². The number of thioether (sulfide) groups is 1. The van der Waals surface area contributed by atoms with Crippen molar-refractivity contribution in [1.29, 1.82) is 0 Å². The van der Waals surface area contributed by atoms with Gasteiger partial charge in [-0.25, -0.2) is 0 Å². The summed E-state index contributed by atoms with van der Waals surface area (Å²) in [4.78, 5) is 1.49. The first kappa shape index (κ1) is 16.1. The summed E-state index contributed by atoms with van der Waals surface area (Å²) in [5.41, 5.74) is 9.67. The number of anilines is 2. The molecule has 0 atom stereocenters. The van der Waals surface area contributed by atoms with Gasteiger partial charge in [-0.2, -0.15) is 0 Å². The van der Waals surface area contributed by atoms with Crippen LogP contribution in [0.25, 0.3) is 0 Å². The van der Waals surface area contributed by atoms with Crippen molar-refractivity contribution in [2.75, 3.05) is 11.1 Å². The summed E-state index contributed by atoms with van der Waals surface area (Å²) in [7, 11) is 0. The quantitative estimate of drug-likeness (QED) is 0.585. The van der Waals surface area contributed by atoms with E-state index < -0.39 is 0 Å². The van der Waals surface area contributed by atoms with E-state index in [4.69, 9.17) is 29.6 Å². The third-order valence-corrected chi connectivity index (χ3v) is 4.66. The Kier molecular flexibility index (Phi) is 5.51. The molecule has 0 radical (unpaired) electrons. The Morgan fingerprint density at radius 1 is 1.24 bits per heavy atom. The van der Waals surface area contributed by atoms with Gasteiger partial charge < -0.3 is 11.1 Å². The van der Waals surface area contributed by atoms with Crippen LogP contribution in [0.2, 0.25) is 5.02 Å². The summed E-state index contributed by atoms with van der Waals surface area (Å²) < 4.78 is 0. The Morgan fingerprint density at radius 2 is 1.90 bits per heavy atom. The molecule has 110 valence electrons. The number of hydrogen-bond donors (Lipinski definition) is 2. The van der Waals surface area contributed by atoms with Gasteiger partial charge in [0.15, 0.2) is 0 Å². The fourth-order valence-electron chi connectivity index (χ4n) is 2.05. The van der Waals surface area contributed by atoms with Gasteiger partial charge in [0.05, 0.1) is 0 Å². The van der Waals surface area contributed by atoms with Crippen LogP contribution >= 0.6 is 35.6 Å². The minimum atomic E-state index is 0.397. The molecule has 0 saturated heterocycles. The topological polar surface area (TPSA) is 38.0 Å². The van der Waals surface area contributed by atoms with E-state index in [0.717, 1.165) is 38.2 Å². The minimum absolute atomic E-state index is 0.397. The predicted octanol–water partition coefficient (Wildman–Crippen LogP) is 5.14. The van der Waals surface area contributed by atoms with Crippen LogP contribution in [0.4, 0.5) is 11.4 Å². The molecular formula is C16H17ClN2S2. The molecule has 0 unspecified atom stereocenters. The second kappa shape index (κ2) is 7.16. The molecule has 0 fully saturated rings.